The fraction of sp³-hybridized carbons (Fsp3) is 0.514. The summed E-state index contributed by atoms with van der Waals surface area (Å²) < 4.78 is 43.6. The number of esters is 2. The van der Waals surface area contributed by atoms with Crippen molar-refractivity contribution in [2.45, 2.75) is 102 Å². The number of allylic oxidation sites excluding steroid dienone is 2. The molecule has 46 heavy (non-hydrogen) atoms. The molecule has 0 saturated heterocycles. The Balaban J connectivity index is 1.94. The monoisotopic (exact) mass is 654 g/mol. The van der Waals surface area contributed by atoms with Crippen LogP contribution in [0.3, 0.4) is 0 Å². The number of benzene rings is 2. The van der Waals surface area contributed by atoms with Gasteiger partial charge >= 0.3 is 11.9 Å². The number of carbonyl (C=O) groups is 2. The van der Waals surface area contributed by atoms with Crippen molar-refractivity contribution in [3.05, 3.63) is 90.0 Å². The number of hydrogen-bond donors (Lipinski definition) is 1. The Bertz CT molecular complexity index is 1410. The van der Waals surface area contributed by atoms with E-state index < -0.39 is 40.3 Å². The third-order valence-electron chi connectivity index (χ3n) is 8.74. The summed E-state index contributed by atoms with van der Waals surface area (Å²) in [6.45, 7) is 8.02. The van der Waals surface area contributed by atoms with Crippen LogP contribution >= 0.6 is 0 Å². The van der Waals surface area contributed by atoms with Gasteiger partial charge < -0.3 is 14.6 Å². The van der Waals surface area contributed by atoms with Gasteiger partial charge in [0.2, 0.25) is 0 Å². The Labute approximate surface area is 275 Å². The lowest BCUT2D eigenvalue weighted by atomic mass is 9.80. The van der Waals surface area contributed by atoms with Crippen LogP contribution < -0.4 is 0 Å². The predicted molar refractivity (Wildman–Crippen MR) is 179 cm³/mol. The van der Waals surface area contributed by atoms with Gasteiger partial charge in [-0.3, -0.25) is 8.98 Å². The zero-order valence-corrected chi connectivity index (χ0v) is 28.6. The second-order valence-corrected chi connectivity index (χ2v) is 14.4. The molecule has 252 valence electrons. The van der Waals surface area contributed by atoms with Crippen molar-refractivity contribution in [1.29, 1.82) is 0 Å². The largest absolute Gasteiger partial charge is 0.469 e. The molecule has 5 atom stereocenters. The number of rotatable bonds is 17. The van der Waals surface area contributed by atoms with Gasteiger partial charge in [-0.2, -0.15) is 8.42 Å². The Morgan fingerprint density at radius 2 is 1.72 bits per heavy atom. The first-order valence-corrected chi connectivity index (χ1v) is 17.6. The van der Waals surface area contributed by atoms with Gasteiger partial charge in [0.25, 0.3) is 10.1 Å². The maximum atomic E-state index is 13.5. The number of aliphatic hydroxyl groups excluding tert-OH is 1. The van der Waals surface area contributed by atoms with Crippen molar-refractivity contribution < 1.29 is 36.8 Å². The molecule has 1 N–H and O–H groups in total. The van der Waals surface area contributed by atoms with Crippen molar-refractivity contribution in [3.63, 3.8) is 0 Å². The summed E-state index contributed by atoms with van der Waals surface area (Å²) in [7, 11) is -2.78. The number of aliphatic hydroxyl groups is 1. The Hall–Kier alpha value is -3.27. The molecular formula is C37H50O8S. The Morgan fingerprint density at radius 1 is 1.02 bits per heavy atom. The normalized spacial score (nSPS) is 21.1. The van der Waals surface area contributed by atoms with Crippen LogP contribution in [0.1, 0.15) is 88.1 Å². The van der Waals surface area contributed by atoms with Gasteiger partial charge in [0.1, 0.15) is 6.10 Å². The van der Waals surface area contributed by atoms with Gasteiger partial charge in [0.05, 0.1) is 29.8 Å². The molecule has 2 aromatic rings. The van der Waals surface area contributed by atoms with Crippen LogP contribution in [0.5, 0.6) is 0 Å². The molecule has 1 aliphatic carbocycles. The van der Waals surface area contributed by atoms with Crippen molar-refractivity contribution in [2.24, 2.45) is 17.3 Å². The number of hydrogen-bond acceptors (Lipinski definition) is 8. The average molecular weight is 655 g/mol. The van der Waals surface area contributed by atoms with Gasteiger partial charge in [0.15, 0.2) is 0 Å². The number of carbonyl (C=O) groups excluding carboxylic acids is 2. The lowest BCUT2D eigenvalue weighted by Gasteiger charge is -2.29. The molecule has 0 radical (unpaired) electrons. The Morgan fingerprint density at radius 3 is 2.37 bits per heavy atom. The molecule has 0 amide bonds. The van der Waals surface area contributed by atoms with Crippen molar-refractivity contribution in [2.75, 3.05) is 7.11 Å². The minimum atomic E-state index is -4.14. The molecule has 1 fully saturated rings. The van der Waals surface area contributed by atoms with Crippen LogP contribution in [0.15, 0.2) is 83.8 Å². The highest BCUT2D eigenvalue weighted by Gasteiger charge is 2.46. The van der Waals surface area contributed by atoms with E-state index in [0.717, 1.165) is 24.8 Å². The molecule has 0 heterocycles. The van der Waals surface area contributed by atoms with Crippen LogP contribution in [0, 0.1) is 24.2 Å². The van der Waals surface area contributed by atoms with Crippen molar-refractivity contribution in [3.8, 4) is 0 Å². The molecule has 0 spiro atoms. The minimum Gasteiger partial charge on any atom is -0.469 e. The van der Waals surface area contributed by atoms with E-state index in [1.807, 2.05) is 45.1 Å². The third kappa shape index (κ3) is 10.9. The maximum Gasteiger partial charge on any atom is 0.338 e. The molecule has 0 bridgehead atoms. The zero-order chi connectivity index (χ0) is 33.7. The molecule has 9 heteroatoms. The van der Waals surface area contributed by atoms with Gasteiger partial charge in [-0.25, -0.2) is 4.79 Å². The standard InChI is InChI=1S/C37H50O8S/c1-6-7-25-37(3,4)34(38)24-23-31-30(17-13-8-9-14-18-35(39)43-5)32(44-36(40)28-15-11-10-12-16-28)26-33(31)45-46(41,42)29-21-19-27(2)20-22-29/h8,10-13,15-16,19-24,30-34,38H,6-7,9,14,17-18,25-26H2,1-5H3/b13-8-,24-23+/t30-,31-,32+,33+,34?/m1/s1. The first kappa shape index (κ1) is 37.2. The highest BCUT2D eigenvalue weighted by atomic mass is 32.2. The zero-order valence-electron chi connectivity index (χ0n) is 27.8. The number of unbranched alkanes of at least 4 members (excludes halogenated alkanes) is 2. The SMILES string of the molecule is CCCCC(C)(C)C(O)/C=C/[C@@H]1[C@@H](C/C=C\CCCC(=O)OC)[C@@H](OC(=O)c2ccccc2)C[C@@H]1OS(=O)(=O)c1ccc(C)cc1. The van der Waals surface area contributed by atoms with E-state index in [-0.39, 0.29) is 28.6 Å². The summed E-state index contributed by atoms with van der Waals surface area (Å²) in [5.41, 5.74) is 0.937. The molecule has 2 aromatic carbocycles. The summed E-state index contributed by atoms with van der Waals surface area (Å²) in [4.78, 5) is 24.8. The molecule has 0 aliphatic heterocycles. The fourth-order valence-electron chi connectivity index (χ4n) is 5.71. The van der Waals surface area contributed by atoms with E-state index in [1.54, 1.807) is 42.5 Å². The summed E-state index contributed by atoms with van der Waals surface area (Å²) in [6, 6.07) is 15.2. The van der Waals surface area contributed by atoms with Crippen LogP contribution in [-0.2, 0) is 28.6 Å². The van der Waals surface area contributed by atoms with Gasteiger partial charge in [-0.05, 0) is 62.3 Å². The van der Waals surface area contributed by atoms with Gasteiger partial charge in [-0.1, -0.05) is 93.8 Å². The average Bonchev–Trinajstić information content (AvgIpc) is 3.34. The summed E-state index contributed by atoms with van der Waals surface area (Å²) in [5, 5.41) is 11.2. The number of aryl methyl sites for hydroxylation is 1. The quantitative estimate of drug-likeness (QED) is 0.0815. The Kier molecular flexibility index (Phi) is 14.2. The van der Waals surface area contributed by atoms with Crippen LogP contribution in [0.2, 0.25) is 0 Å². The predicted octanol–water partition coefficient (Wildman–Crippen LogP) is 7.35. The molecule has 0 aromatic heterocycles. The van der Waals surface area contributed by atoms with Crippen LogP contribution in [0.25, 0.3) is 0 Å². The van der Waals surface area contributed by atoms with Crippen LogP contribution in [-0.4, -0.2) is 50.9 Å². The first-order valence-electron chi connectivity index (χ1n) is 16.2. The topological polar surface area (TPSA) is 116 Å². The molecule has 3 rings (SSSR count). The first-order chi connectivity index (χ1) is 21.9. The smallest absolute Gasteiger partial charge is 0.338 e. The lowest BCUT2D eigenvalue weighted by molar-refractivity contribution is -0.140. The maximum absolute atomic E-state index is 13.5. The highest BCUT2D eigenvalue weighted by Crippen LogP contribution is 2.42. The summed E-state index contributed by atoms with van der Waals surface area (Å²) >= 11 is 0. The van der Waals surface area contributed by atoms with E-state index in [0.29, 0.717) is 31.2 Å². The second-order valence-electron chi connectivity index (χ2n) is 12.8. The van der Waals surface area contributed by atoms with Gasteiger partial charge in [-0.15, -0.1) is 0 Å². The lowest BCUT2D eigenvalue weighted by Crippen LogP contribution is -2.29. The van der Waals surface area contributed by atoms with Gasteiger partial charge in [0, 0.05) is 24.7 Å². The molecular weight excluding hydrogens is 604 g/mol. The summed E-state index contributed by atoms with van der Waals surface area (Å²) in [6.07, 6.45) is 10.3. The van der Waals surface area contributed by atoms with Crippen molar-refractivity contribution in [1.82, 2.24) is 0 Å². The fourth-order valence-corrected chi connectivity index (χ4v) is 6.83. The molecule has 1 aliphatic rings. The van der Waals surface area contributed by atoms with E-state index in [1.165, 1.54) is 19.2 Å². The third-order valence-corrected chi connectivity index (χ3v) is 10.1. The van der Waals surface area contributed by atoms with Crippen LogP contribution in [0.4, 0.5) is 0 Å². The second kappa shape index (κ2) is 17.6. The molecule has 1 unspecified atom stereocenters. The molecule has 1 saturated carbocycles. The highest BCUT2D eigenvalue weighted by molar-refractivity contribution is 7.86. The van der Waals surface area contributed by atoms with Crippen molar-refractivity contribution >= 4 is 22.1 Å². The van der Waals surface area contributed by atoms with E-state index >= 15 is 0 Å². The summed E-state index contributed by atoms with van der Waals surface area (Å²) in [5.74, 6) is -1.57. The number of methoxy groups -OCH3 is 1. The van der Waals surface area contributed by atoms with E-state index in [2.05, 4.69) is 6.92 Å². The van der Waals surface area contributed by atoms with E-state index in [9.17, 15) is 23.1 Å². The van der Waals surface area contributed by atoms with E-state index in [4.69, 9.17) is 13.7 Å². The molecule has 8 nitrogen and oxygen atoms in total. The minimum absolute atomic E-state index is 0.0494. The number of ether oxygens (including phenoxy) is 2.